The van der Waals surface area contributed by atoms with E-state index in [1.54, 1.807) is 13.8 Å². The highest BCUT2D eigenvalue weighted by Crippen LogP contribution is 2.34. The number of amides is 1. The highest BCUT2D eigenvalue weighted by atomic mass is 32.2. The molecule has 21 heavy (non-hydrogen) atoms. The molecule has 1 saturated carbocycles. The van der Waals surface area contributed by atoms with Gasteiger partial charge < -0.3 is 10.4 Å². The SMILES string of the molecule is CC(C)NS(=O)(=O)c1ccc(C(=O)NC2(CO)CC2)cc1. The summed E-state index contributed by atoms with van der Waals surface area (Å²) in [5.74, 6) is -0.303. The van der Waals surface area contributed by atoms with Gasteiger partial charge in [0.15, 0.2) is 0 Å². The molecule has 0 saturated heterocycles. The van der Waals surface area contributed by atoms with Crippen LogP contribution in [0.1, 0.15) is 37.0 Å². The monoisotopic (exact) mass is 312 g/mol. The van der Waals surface area contributed by atoms with Gasteiger partial charge >= 0.3 is 0 Å². The molecule has 0 aromatic heterocycles. The number of sulfonamides is 1. The van der Waals surface area contributed by atoms with Gasteiger partial charge in [0.25, 0.3) is 5.91 Å². The van der Waals surface area contributed by atoms with Crippen LogP contribution in [0.2, 0.25) is 0 Å². The Bertz CT molecular complexity index is 619. The molecule has 0 radical (unpaired) electrons. The van der Waals surface area contributed by atoms with E-state index in [9.17, 15) is 18.3 Å². The number of aliphatic hydroxyl groups excluding tert-OH is 1. The molecule has 1 amide bonds. The van der Waals surface area contributed by atoms with Crippen LogP contribution in [0.3, 0.4) is 0 Å². The smallest absolute Gasteiger partial charge is 0.251 e. The van der Waals surface area contributed by atoms with Crippen LogP contribution < -0.4 is 10.0 Å². The van der Waals surface area contributed by atoms with Crippen molar-refractivity contribution in [2.45, 2.75) is 43.2 Å². The largest absolute Gasteiger partial charge is 0.394 e. The zero-order chi connectivity index (χ0) is 15.7. The van der Waals surface area contributed by atoms with E-state index >= 15 is 0 Å². The number of hydrogen-bond acceptors (Lipinski definition) is 4. The molecule has 3 N–H and O–H groups in total. The van der Waals surface area contributed by atoms with E-state index in [0.29, 0.717) is 5.56 Å². The predicted molar refractivity (Wildman–Crippen MR) is 78.4 cm³/mol. The molecule has 1 aromatic carbocycles. The first-order chi connectivity index (χ1) is 9.78. The first-order valence-corrected chi connectivity index (χ1v) is 8.32. The lowest BCUT2D eigenvalue weighted by Gasteiger charge is -2.14. The second-order valence-electron chi connectivity index (χ2n) is 5.69. The average molecular weight is 312 g/mol. The van der Waals surface area contributed by atoms with Crippen LogP contribution in [0.4, 0.5) is 0 Å². The zero-order valence-electron chi connectivity index (χ0n) is 12.1. The number of hydrogen-bond donors (Lipinski definition) is 3. The third-order valence-corrected chi connectivity index (χ3v) is 5.03. The molecule has 2 rings (SSSR count). The molecule has 0 unspecified atom stereocenters. The maximum atomic E-state index is 12.0. The fourth-order valence-corrected chi connectivity index (χ4v) is 3.20. The average Bonchev–Trinajstić information content (AvgIpc) is 3.18. The Morgan fingerprint density at radius 2 is 1.86 bits per heavy atom. The number of carbonyl (C=O) groups is 1. The Balaban J connectivity index is 2.10. The van der Waals surface area contributed by atoms with Gasteiger partial charge in [-0.1, -0.05) is 0 Å². The van der Waals surface area contributed by atoms with Gasteiger partial charge in [0.1, 0.15) is 0 Å². The van der Waals surface area contributed by atoms with Crippen LogP contribution >= 0.6 is 0 Å². The summed E-state index contributed by atoms with van der Waals surface area (Å²) in [6.07, 6.45) is 1.53. The predicted octanol–water partition coefficient (Wildman–Crippen LogP) is 0.628. The van der Waals surface area contributed by atoms with Gasteiger partial charge in [0, 0.05) is 11.6 Å². The quantitative estimate of drug-likeness (QED) is 0.718. The van der Waals surface area contributed by atoms with E-state index < -0.39 is 15.6 Å². The van der Waals surface area contributed by atoms with Gasteiger partial charge in [-0.3, -0.25) is 4.79 Å². The Hall–Kier alpha value is -1.44. The van der Waals surface area contributed by atoms with Crippen LogP contribution in [-0.2, 0) is 10.0 Å². The number of rotatable bonds is 6. The molecule has 0 heterocycles. The second-order valence-corrected chi connectivity index (χ2v) is 7.41. The Morgan fingerprint density at radius 1 is 1.29 bits per heavy atom. The highest BCUT2D eigenvalue weighted by Gasteiger charge is 2.43. The minimum absolute atomic E-state index is 0.0798. The van der Waals surface area contributed by atoms with Gasteiger partial charge in [-0.2, -0.15) is 0 Å². The van der Waals surface area contributed by atoms with Crippen LogP contribution in [-0.4, -0.2) is 37.6 Å². The molecule has 1 aliphatic rings. The third kappa shape index (κ3) is 3.81. The van der Waals surface area contributed by atoms with Crippen LogP contribution in [0, 0.1) is 0 Å². The topological polar surface area (TPSA) is 95.5 Å². The van der Waals surface area contributed by atoms with Crippen molar-refractivity contribution >= 4 is 15.9 Å². The standard InChI is InChI=1S/C14H20N2O4S/c1-10(2)16-21(19,20)12-5-3-11(4-6-12)13(18)15-14(9-17)7-8-14/h3-6,10,16-17H,7-9H2,1-2H3,(H,15,18). The van der Waals surface area contributed by atoms with Crippen molar-refractivity contribution in [3.63, 3.8) is 0 Å². The summed E-state index contributed by atoms with van der Waals surface area (Å²) in [5, 5.41) is 12.0. The Kier molecular flexibility index (Phi) is 4.36. The van der Waals surface area contributed by atoms with Gasteiger partial charge in [0.05, 0.1) is 17.0 Å². The van der Waals surface area contributed by atoms with Crippen molar-refractivity contribution in [3.8, 4) is 0 Å². The minimum Gasteiger partial charge on any atom is -0.394 e. The first kappa shape index (κ1) is 15.9. The summed E-state index contributed by atoms with van der Waals surface area (Å²) in [4.78, 5) is 12.1. The number of carbonyl (C=O) groups excluding carboxylic acids is 1. The summed E-state index contributed by atoms with van der Waals surface area (Å²) in [6, 6.07) is 5.54. The molecule has 1 aromatic rings. The van der Waals surface area contributed by atoms with Crippen molar-refractivity contribution in [2.75, 3.05) is 6.61 Å². The molecule has 0 atom stereocenters. The van der Waals surface area contributed by atoms with Crippen LogP contribution in [0.5, 0.6) is 0 Å². The molecule has 0 spiro atoms. The summed E-state index contributed by atoms with van der Waals surface area (Å²) < 4.78 is 26.4. The van der Waals surface area contributed by atoms with Crippen LogP contribution in [0.25, 0.3) is 0 Å². The molecule has 116 valence electrons. The molecule has 0 bridgehead atoms. The third-order valence-electron chi connectivity index (χ3n) is 3.35. The van der Waals surface area contributed by atoms with Gasteiger partial charge in [-0.25, -0.2) is 13.1 Å². The van der Waals surface area contributed by atoms with Crippen molar-refractivity contribution < 1.29 is 18.3 Å². The van der Waals surface area contributed by atoms with E-state index in [4.69, 9.17) is 0 Å². The molecule has 1 aliphatic carbocycles. The molecule has 6 nitrogen and oxygen atoms in total. The number of benzene rings is 1. The van der Waals surface area contributed by atoms with E-state index in [1.807, 2.05) is 0 Å². The number of nitrogens with one attached hydrogen (secondary N) is 2. The Morgan fingerprint density at radius 3 is 2.29 bits per heavy atom. The maximum absolute atomic E-state index is 12.0. The summed E-state index contributed by atoms with van der Waals surface area (Å²) >= 11 is 0. The lowest BCUT2D eigenvalue weighted by Crippen LogP contribution is -2.39. The summed E-state index contributed by atoms with van der Waals surface area (Å²) in [5.41, 5.74) is -0.112. The Labute approximate surface area is 124 Å². The van der Waals surface area contributed by atoms with E-state index in [0.717, 1.165) is 12.8 Å². The summed E-state index contributed by atoms with van der Waals surface area (Å²) in [7, 11) is -3.55. The van der Waals surface area contributed by atoms with Crippen LogP contribution in [0.15, 0.2) is 29.2 Å². The maximum Gasteiger partial charge on any atom is 0.251 e. The molecular weight excluding hydrogens is 292 g/mol. The summed E-state index contributed by atoms with van der Waals surface area (Å²) in [6.45, 7) is 3.40. The molecular formula is C14H20N2O4S. The molecule has 0 aliphatic heterocycles. The lowest BCUT2D eigenvalue weighted by atomic mass is 10.2. The van der Waals surface area contributed by atoms with Crippen molar-refractivity contribution in [2.24, 2.45) is 0 Å². The number of aliphatic hydroxyl groups is 1. The van der Waals surface area contributed by atoms with Crippen molar-refractivity contribution in [1.29, 1.82) is 0 Å². The molecule has 7 heteroatoms. The van der Waals surface area contributed by atoms with E-state index in [1.165, 1.54) is 24.3 Å². The first-order valence-electron chi connectivity index (χ1n) is 6.84. The normalized spacial score (nSPS) is 16.8. The zero-order valence-corrected chi connectivity index (χ0v) is 12.9. The van der Waals surface area contributed by atoms with Crippen molar-refractivity contribution in [1.82, 2.24) is 10.0 Å². The van der Waals surface area contributed by atoms with Crippen molar-refractivity contribution in [3.05, 3.63) is 29.8 Å². The lowest BCUT2D eigenvalue weighted by molar-refractivity contribution is 0.0906. The van der Waals surface area contributed by atoms with Gasteiger partial charge in [-0.05, 0) is 51.0 Å². The van der Waals surface area contributed by atoms with Gasteiger partial charge in [-0.15, -0.1) is 0 Å². The fraction of sp³-hybridized carbons (Fsp3) is 0.500. The van der Waals surface area contributed by atoms with E-state index in [2.05, 4.69) is 10.0 Å². The minimum atomic E-state index is -3.55. The second kappa shape index (κ2) is 5.75. The van der Waals surface area contributed by atoms with E-state index in [-0.39, 0.29) is 23.5 Å². The van der Waals surface area contributed by atoms with Gasteiger partial charge in [0.2, 0.25) is 10.0 Å². The fourth-order valence-electron chi connectivity index (χ4n) is 1.95. The highest BCUT2D eigenvalue weighted by molar-refractivity contribution is 7.89. The molecule has 1 fully saturated rings.